The first kappa shape index (κ1) is 23.5. The Kier molecular flexibility index (Phi) is 5.96. The Morgan fingerprint density at radius 2 is 1.97 bits per heavy atom. The molecule has 0 unspecified atom stereocenters. The number of nitrogens with one attached hydrogen (secondary N) is 1. The molecule has 1 amide bonds. The SMILES string of the molecule is CCOC(=O)Cc1csc(NC(=O)c2cc3nc(-c4ccc5c(c4)OCO5)cc(C(F)(F)F)n3n2)n1. The highest BCUT2D eigenvalue weighted by atomic mass is 32.1. The largest absolute Gasteiger partial charge is 0.466 e. The molecular formula is C22H16F3N5O5S. The highest BCUT2D eigenvalue weighted by Gasteiger charge is 2.36. The third-order valence-electron chi connectivity index (χ3n) is 5.02. The Morgan fingerprint density at radius 1 is 1.17 bits per heavy atom. The molecule has 0 saturated carbocycles. The minimum Gasteiger partial charge on any atom is -0.466 e. The predicted octanol–water partition coefficient (Wildman–Crippen LogP) is 3.96. The molecule has 0 atom stereocenters. The van der Waals surface area contributed by atoms with Crippen LogP contribution in [0, 0.1) is 0 Å². The zero-order chi connectivity index (χ0) is 25.4. The van der Waals surface area contributed by atoms with Crippen molar-refractivity contribution in [3.05, 3.63) is 52.8 Å². The summed E-state index contributed by atoms with van der Waals surface area (Å²) in [6, 6.07) is 6.67. The summed E-state index contributed by atoms with van der Waals surface area (Å²) in [6.07, 6.45) is -4.85. The third kappa shape index (κ3) is 4.66. The van der Waals surface area contributed by atoms with E-state index in [1.54, 1.807) is 24.4 Å². The number of ether oxygens (including phenoxy) is 3. The Balaban J connectivity index is 1.45. The summed E-state index contributed by atoms with van der Waals surface area (Å²) in [5, 5.41) is 8.03. The highest BCUT2D eigenvalue weighted by molar-refractivity contribution is 7.14. The molecule has 0 saturated heterocycles. The summed E-state index contributed by atoms with van der Waals surface area (Å²) in [6.45, 7) is 1.92. The van der Waals surface area contributed by atoms with Crippen LogP contribution in [0.4, 0.5) is 18.3 Å². The number of halogens is 3. The van der Waals surface area contributed by atoms with Gasteiger partial charge >= 0.3 is 12.1 Å². The van der Waals surface area contributed by atoms with Crippen LogP contribution in [0.15, 0.2) is 35.7 Å². The molecule has 186 valence electrons. The van der Waals surface area contributed by atoms with E-state index in [-0.39, 0.29) is 42.0 Å². The molecule has 10 nitrogen and oxygen atoms in total. The summed E-state index contributed by atoms with van der Waals surface area (Å²) >= 11 is 1.05. The van der Waals surface area contributed by atoms with Crippen LogP contribution in [0.3, 0.4) is 0 Å². The van der Waals surface area contributed by atoms with Crippen molar-refractivity contribution in [2.24, 2.45) is 0 Å². The van der Waals surface area contributed by atoms with Crippen LogP contribution in [0.1, 0.15) is 28.8 Å². The van der Waals surface area contributed by atoms with Crippen LogP contribution < -0.4 is 14.8 Å². The maximum Gasteiger partial charge on any atom is 0.433 e. The van der Waals surface area contributed by atoms with Gasteiger partial charge in [-0.2, -0.15) is 18.3 Å². The fourth-order valence-corrected chi connectivity index (χ4v) is 4.16. The monoisotopic (exact) mass is 519 g/mol. The van der Waals surface area contributed by atoms with Gasteiger partial charge in [0.15, 0.2) is 33.7 Å². The third-order valence-corrected chi connectivity index (χ3v) is 5.83. The van der Waals surface area contributed by atoms with Crippen LogP contribution in [0.2, 0.25) is 0 Å². The fourth-order valence-electron chi connectivity index (χ4n) is 3.46. The second-order valence-electron chi connectivity index (χ2n) is 7.47. The first-order chi connectivity index (χ1) is 17.2. The molecule has 0 spiro atoms. The Bertz CT molecular complexity index is 1480. The van der Waals surface area contributed by atoms with Crippen molar-refractivity contribution in [3.8, 4) is 22.8 Å². The zero-order valence-electron chi connectivity index (χ0n) is 18.5. The van der Waals surface area contributed by atoms with Gasteiger partial charge in [0.25, 0.3) is 5.91 Å². The van der Waals surface area contributed by atoms with E-state index in [0.717, 1.165) is 23.5 Å². The summed E-state index contributed by atoms with van der Waals surface area (Å²) < 4.78 is 57.6. The topological polar surface area (TPSA) is 117 Å². The fraction of sp³-hybridized carbons (Fsp3) is 0.227. The van der Waals surface area contributed by atoms with Crippen LogP contribution in [0.5, 0.6) is 11.5 Å². The van der Waals surface area contributed by atoms with E-state index in [0.29, 0.717) is 27.3 Å². The number of esters is 1. The maximum absolute atomic E-state index is 13.9. The number of hydrogen-bond donors (Lipinski definition) is 1. The number of carbonyl (C=O) groups excluding carboxylic acids is 2. The minimum absolute atomic E-state index is 0.0171. The average molecular weight is 519 g/mol. The summed E-state index contributed by atoms with van der Waals surface area (Å²) in [7, 11) is 0. The van der Waals surface area contributed by atoms with Crippen molar-refractivity contribution >= 4 is 34.0 Å². The van der Waals surface area contributed by atoms with Gasteiger partial charge in [0.1, 0.15) is 0 Å². The van der Waals surface area contributed by atoms with Crippen molar-refractivity contribution in [1.29, 1.82) is 0 Å². The Morgan fingerprint density at radius 3 is 2.75 bits per heavy atom. The molecule has 3 aromatic heterocycles. The van der Waals surface area contributed by atoms with Crippen LogP contribution in [-0.4, -0.2) is 44.9 Å². The number of hydrogen-bond acceptors (Lipinski definition) is 9. The summed E-state index contributed by atoms with van der Waals surface area (Å²) in [5.74, 6) is -0.380. The van der Waals surface area contributed by atoms with E-state index < -0.39 is 23.7 Å². The van der Waals surface area contributed by atoms with Gasteiger partial charge in [0.2, 0.25) is 6.79 Å². The lowest BCUT2D eigenvalue weighted by atomic mass is 10.1. The lowest BCUT2D eigenvalue weighted by Gasteiger charge is -2.11. The second kappa shape index (κ2) is 9.11. The lowest BCUT2D eigenvalue weighted by molar-refractivity contribution is -0.143. The van der Waals surface area contributed by atoms with E-state index in [9.17, 15) is 22.8 Å². The molecule has 36 heavy (non-hydrogen) atoms. The van der Waals surface area contributed by atoms with Gasteiger partial charge < -0.3 is 14.2 Å². The predicted molar refractivity (Wildman–Crippen MR) is 120 cm³/mol. The van der Waals surface area contributed by atoms with Crippen LogP contribution in [0.25, 0.3) is 16.9 Å². The van der Waals surface area contributed by atoms with Crippen LogP contribution >= 0.6 is 11.3 Å². The molecular weight excluding hydrogens is 503 g/mol. The lowest BCUT2D eigenvalue weighted by Crippen LogP contribution is -2.16. The molecule has 5 rings (SSSR count). The van der Waals surface area contributed by atoms with Gasteiger partial charge in [-0.1, -0.05) is 0 Å². The number of aromatic nitrogens is 4. The van der Waals surface area contributed by atoms with Crippen molar-refractivity contribution in [3.63, 3.8) is 0 Å². The molecule has 1 N–H and O–H groups in total. The molecule has 1 aliphatic heterocycles. The molecule has 0 aliphatic carbocycles. The van der Waals surface area contributed by atoms with Gasteiger partial charge in [-0.05, 0) is 31.2 Å². The Hall–Kier alpha value is -4.20. The molecule has 0 bridgehead atoms. The molecule has 0 radical (unpaired) electrons. The normalized spacial score (nSPS) is 12.7. The molecule has 1 aromatic carbocycles. The van der Waals surface area contributed by atoms with Gasteiger partial charge in [-0.25, -0.2) is 14.5 Å². The number of nitrogens with zero attached hydrogens (tertiary/aromatic N) is 4. The molecule has 4 heterocycles. The minimum atomic E-state index is -4.77. The molecule has 14 heteroatoms. The standard InChI is InChI=1S/C22H16F3N5O5S/c1-2-33-19(31)6-12-9-36-21(26-12)28-20(32)14-8-18-27-13(7-17(22(23,24)25)30(18)29-14)11-3-4-15-16(5-11)35-10-34-15/h3-5,7-9H,2,6,10H2,1H3,(H,26,28,32). The zero-order valence-corrected chi connectivity index (χ0v) is 19.3. The second-order valence-corrected chi connectivity index (χ2v) is 8.33. The number of fused-ring (bicyclic) bond motifs is 2. The molecule has 4 aromatic rings. The van der Waals surface area contributed by atoms with Crippen molar-refractivity contribution in [2.45, 2.75) is 19.5 Å². The number of rotatable bonds is 6. The maximum atomic E-state index is 13.9. The van der Waals surface area contributed by atoms with E-state index in [4.69, 9.17) is 14.2 Å². The number of amides is 1. The van der Waals surface area contributed by atoms with Gasteiger partial charge in [0, 0.05) is 17.0 Å². The van der Waals surface area contributed by atoms with Gasteiger partial charge in [-0.3, -0.25) is 14.9 Å². The van der Waals surface area contributed by atoms with E-state index in [1.165, 1.54) is 6.07 Å². The number of anilines is 1. The Labute approximate surface area is 204 Å². The van der Waals surface area contributed by atoms with Gasteiger partial charge in [0.05, 0.1) is 24.4 Å². The summed E-state index contributed by atoms with van der Waals surface area (Å²) in [4.78, 5) is 32.7. The number of alkyl halides is 3. The summed E-state index contributed by atoms with van der Waals surface area (Å²) in [5.41, 5.74) is -0.800. The van der Waals surface area contributed by atoms with Crippen LogP contribution in [-0.2, 0) is 22.1 Å². The van der Waals surface area contributed by atoms with Gasteiger partial charge in [-0.15, -0.1) is 11.3 Å². The quantitative estimate of drug-likeness (QED) is 0.381. The van der Waals surface area contributed by atoms with Crippen molar-refractivity contribution in [2.75, 3.05) is 18.7 Å². The molecule has 0 fully saturated rings. The van der Waals surface area contributed by atoms with E-state index in [2.05, 4.69) is 20.4 Å². The first-order valence-corrected chi connectivity index (χ1v) is 11.4. The number of thiazole rings is 1. The number of benzene rings is 1. The average Bonchev–Trinajstić information content (AvgIpc) is 3.56. The van der Waals surface area contributed by atoms with Crippen molar-refractivity contribution < 1.29 is 37.0 Å². The van der Waals surface area contributed by atoms with Crippen molar-refractivity contribution in [1.82, 2.24) is 19.6 Å². The highest BCUT2D eigenvalue weighted by Crippen LogP contribution is 2.37. The van der Waals surface area contributed by atoms with E-state index in [1.807, 2.05) is 0 Å². The first-order valence-electron chi connectivity index (χ1n) is 10.5. The number of carbonyl (C=O) groups is 2. The molecule has 1 aliphatic rings. The van der Waals surface area contributed by atoms with E-state index >= 15 is 0 Å². The smallest absolute Gasteiger partial charge is 0.433 e.